The van der Waals surface area contributed by atoms with Crippen molar-refractivity contribution in [2.75, 3.05) is 5.75 Å². The average molecular weight is 323 g/mol. The van der Waals surface area contributed by atoms with Gasteiger partial charge >= 0.3 is 5.97 Å². The van der Waals surface area contributed by atoms with E-state index in [1.54, 1.807) is 0 Å². The van der Waals surface area contributed by atoms with Gasteiger partial charge < -0.3 is 10.4 Å². The number of hydrogen-bond acceptors (Lipinski definition) is 3. The zero-order valence-corrected chi connectivity index (χ0v) is 13.7. The third-order valence-electron chi connectivity index (χ3n) is 3.52. The van der Waals surface area contributed by atoms with E-state index in [1.165, 1.54) is 5.56 Å². The number of amides is 1. The van der Waals surface area contributed by atoms with E-state index < -0.39 is 12.0 Å². The van der Waals surface area contributed by atoms with Crippen LogP contribution in [0.15, 0.2) is 30.3 Å². The molecular formula is C17H25NO3S. The first-order valence-corrected chi connectivity index (χ1v) is 8.43. The van der Waals surface area contributed by atoms with Crippen molar-refractivity contribution in [1.82, 2.24) is 5.32 Å². The minimum absolute atomic E-state index is 0.244. The molecular weight excluding hydrogens is 298 g/mol. The standard InChI is InChI=1S/C17H25NO3S/c19-16(12-13-22)18-15(17(20)21)11-7-2-1-4-8-14-9-5-3-6-10-14/h3,5-6,9-10,15,22H,1-2,4,7-8,11-13H2,(H,18,19)(H,20,21)/t15-/m0/s1. The summed E-state index contributed by atoms with van der Waals surface area (Å²) in [6.07, 6.45) is 5.77. The van der Waals surface area contributed by atoms with Crippen LogP contribution in [0.2, 0.25) is 0 Å². The second kappa shape index (κ2) is 11.1. The number of aliphatic carboxylic acids is 1. The Morgan fingerprint density at radius 2 is 1.77 bits per heavy atom. The van der Waals surface area contributed by atoms with Crippen LogP contribution in [0.25, 0.3) is 0 Å². The van der Waals surface area contributed by atoms with Crippen LogP contribution < -0.4 is 5.32 Å². The Labute approximate surface area is 137 Å². The molecule has 122 valence electrons. The lowest BCUT2D eigenvalue weighted by atomic mass is 10.0. The van der Waals surface area contributed by atoms with Crippen LogP contribution >= 0.6 is 12.6 Å². The van der Waals surface area contributed by atoms with Gasteiger partial charge in [0.05, 0.1) is 0 Å². The molecule has 1 aromatic rings. The van der Waals surface area contributed by atoms with Gasteiger partial charge in [0.2, 0.25) is 5.91 Å². The molecule has 22 heavy (non-hydrogen) atoms. The summed E-state index contributed by atoms with van der Waals surface area (Å²) in [5.41, 5.74) is 1.34. The molecule has 1 aromatic carbocycles. The van der Waals surface area contributed by atoms with Crippen LogP contribution in [0, 0.1) is 0 Å². The highest BCUT2D eigenvalue weighted by atomic mass is 32.1. The van der Waals surface area contributed by atoms with Gasteiger partial charge in [-0.2, -0.15) is 12.6 Å². The Kier molecular flexibility index (Phi) is 9.39. The van der Waals surface area contributed by atoms with Gasteiger partial charge in [-0.05, 0) is 30.6 Å². The van der Waals surface area contributed by atoms with Gasteiger partial charge in [-0.25, -0.2) is 4.79 Å². The van der Waals surface area contributed by atoms with Gasteiger partial charge in [-0.3, -0.25) is 4.79 Å². The molecule has 0 aromatic heterocycles. The number of thiol groups is 1. The fraction of sp³-hybridized carbons (Fsp3) is 0.529. The van der Waals surface area contributed by atoms with Gasteiger partial charge in [0.1, 0.15) is 6.04 Å². The minimum Gasteiger partial charge on any atom is -0.480 e. The highest BCUT2D eigenvalue weighted by molar-refractivity contribution is 7.80. The number of carboxylic acid groups (broad SMARTS) is 1. The van der Waals surface area contributed by atoms with E-state index in [0.717, 1.165) is 32.1 Å². The SMILES string of the molecule is O=C(CCS)N[C@@H](CCCCCCc1ccccc1)C(=O)O. The predicted octanol–water partition coefficient (Wildman–Crippen LogP) is 3.07. The Balaban J connectivity index is 2.15. The van der Waals surface area contributed by atoms with Crippen LogP contribution in [-0.2, 0) is 16.0 Å². The highest BCUT2D eigenvalue weighted by Gasteiger charge is 2.18. The molecule has 1 amide bonds. The molecule has 0 aliphatic heterocycles. The zero-order chi connectivity index (χ0) is 16.2. The Morgan fingerprint density at radius 3 is 2.41 bits per heavy atom. The molecule has 0 spiro atoms. The van der Waals surface area contributed by atoms with Crippen molar-refractivity contribution in [2.24, 2.45) is 0 Å². The lowest BCUT2D eigenvalue weighted by molar-refractivity contribution is -0.142. The number of carbonyl (C=O) groups excluding carboxylic acids is 1. The third-order valence-corrected chi connectivity index (χ3v) is 3.75. The first-order chi connectivity index (χ1) is 10.6. The van der Waals surface area contributed by atoms with Crippen molar-refractivity contribution in [3.05, 3.63) is 35.9 Å². The largest absolute Gasteiger partial charge is 0.480 e. The van der Waals surface area contributed by atoms with E-state index in [2.05, 4.69) is 30.1 Å². The molecule has 0 saturated heterocycles. The van der Waals surface area contributed by atoms with Crippen molar-refractivity contribution >= 4 is 24.5 Å². The molecule has 0 aliphatic carbocycles. The predicted molar refractivity (Wildman–Crippen MR) is 91.3 cm³/mol. The Morgan fingerprint density at radius 1 is 1.09 bits per heavy atom. The molecule has 1 atom stereocenters. The number of carbonyl (C=O) groups is 2. The Bertz CT molecular complexity index is 450. The summed E-state index contributed by atoms with van der Waals surface area (Å²) in [5.74, 6) is -0.777. The van der Waals surface area contributed by atoms with Gasteiger partial charge in [-0.1, -0.05) is 49.6 Å². The van der Waals surface area contributed by atoms with Crippen molar-refractivity contribution < 1.29 is 14.7 Å². The molecule has 2 N–H and O–H groups in total. The van der Waals surface area contributed by atoms with Crippen LogP contribution in [0.3, 0.4) is 0 Å². The quantitative estimate of drug-likeness (QED) is 0.433. The van der Waals surface area contributed by atoms with Gasteiger partial charge in [0, 0.05) is 6.42 Å². The number of hydrogen-bond donors (Lipinski definition) is 3. The molecule has 0 saturated carbocycles. The highest BCUT2D eigenvalue weighted by Crippen LogP contribution is 2.10. The molecule has 0 unspecified atom stereocenters. The van der Waals surface area contributed by atoms with Crippen molar-refractivity contribution in [1.29, 1.82) is 0 Å². The summed E-state index contributed by atoms with van der Waals surface area (Å²) in [5, 5.41) is 11.7. The van der Waals surface area contributed by atoms with Crippen LogP contribution in [0.5, 0.6) is 0 Å². The van der Waals surface area contributed by atoms with Gasteiger partial charge in [-0.15, -0.1) is 0 Å². The fourth-order valence-electron chi connectivity index (χ4n) is 2.30. The normalized spacial score (nSPS) is 11.9. The maximum absolute atomic E-state index is 11.4. The molecule has 1 rings (SSSR count). The maximum Gasteiger partial charge on any atom is 0.326 e. The first-order valence-electron chi connectivity index (χ1n) is 7.80. The minimum atomic E-state index is -0.961. The zero-order valence-electron chi connectivity index (χ0n) is 12.8. The summed E-state index contributed by atoms with van der Waals surface area (Å²) in [6, 6.07) is 9.56. The van der Waals surface area contributed by atoms with E-state index in [1.807, 2.05) is 18.2 Å². The number of aryl methyl sites for hydroxylation is 1. The molecule has 5 heteroatoms. The summed E-state index contributed by atoms with van der Waals surface area (Å²) in [4.78, 5) is 22.5. The second-order valence-corrected chi connectivity index (χ2v) is 5.82. The Hall–Kier alpha value is -1.49. The first kappa shape index (κ1) is 18.6. The van der Waals surface area contributed by atoms with Gasteiger partial charge in [0.15, 0.2) is 0 Å². The van der Waals surface area contributed by atoms with Gasteiger partial charge in [0.25, 0.3) is 0 Å². The molecule has 0 bridgehead atoms. The van der Waals surface area contributed by atoms with Crippen molar-refractivity contribution in [2.45, 2.75) is 51.0 Å². The van der Waals surface area contributed by atoms with Crippen molar-refractivity contribution in [3.8, 4) is 0 Å². The van der Waals surface area contributed by atoms with Crippen LogP contribution in [-0.4, -0.2) is 28.8 Å². The number of rotatable bonds is 11. The van der Waals surface area contributed by atoms with Crippen molar-refractivity contribution in [3.63, 3.8) is 0 Å². The molecule has 0 aliphatic rings. The summed E-state index contributed by atoms with van der Waals surface area (Å²) < 4.78 is 0. The topological polar surface area (TPSA) is 66.4 Å². The van der Waals surface area contributed by atoms with E-state index in [0.29, 0.717) is 12.2 Å². The molecule has 0 fully saturated rings. The smallest absolute Gasteiger partial charge is 0.326 e. The number of benzene rings is 1. The number of carboxylic acids is 1. The maximum atomic E-state index is 11.4. The van der Waals surface area contributed by atoms with E-state index >= 15 is 0 Å². The second-order valence-electron chi connectivity index (χ2n) is 5.37. The number of nitrogens with one attached hydrogen (secondary N) is 1. The molecule has 0 radical (unpaired) electrons. The molecule has 4 nitrogen and oxygen atoms in total. The monoisotopic (exact) mass is 323 g/mol. The fourth-order valence-corrected chi connectivity index (χ4v) is 2.50. The summed E-state index contributed by atoms with van der Waals surface area (Å²) >= 11 is 3.96. The van der Waals surface area contributed by atoms with Crippen LogP contribution in [0.4, 0.5) is 0 Å². The van der Waals surface area contributed by atoms with E-state index in [9.17, 15) is 9.59 Å². The van der Waals surface area contributed by atoms with E-state index in [4.69, 9.17) is 5.11 Å². The van der Waals surface area contributed by atoms with E-state index in [-0.39, 0.29) is 12.3 Å². The van der Waals surface area contributed by atoms with Crippen LogP contribution in [0.1, 0.15) is 44.1 Å². The lowest BCUT2D eigenvalue weighted by Gasteiger charge is -2.14. The third kappa shape index (κ3) is 8.08. The summed E-state index contributed by atoms with van der Waals surface area (Å²) in [6.45, 7) is 0. The average Bonchev–Trinajstić information content (AvgIpc) is 2.50. The lowest BCUT2D eigenvalue weighted by Crippen LogP contribution is -2.40. The summed E-state index contributed by atoms with van der Waals surface area (Å²) in [7, 11) is 0. The number of unbranched alkanes of at least 4 members (excludes halogenated alkanes) is 3. The molecule has 0 heterocycles.